The summed E-state index contributed by atoms with van der Waals surface area (Å²) in [4.78, 5) is 15.8. The average Bonchev–Trinajstić information content (AvgIpc) is 2.40. The fourth-order valence-electron chi connectivity index (χ4n) is 2.60. The number of aromatic nitrogens is 1. The van der Waals surface area contributed by atoms with E-state index in [1.165, 1.54) is 0 Å². The van der Waals surface area contributed by atoms with Crippen molar-refractivity contribution in [1.82, 2.24) is 4.98 Å². The monoisotopic (exact) mass is 267 g/mol. The topological polar surface area (TPSA) is 39.2 Å². The highest BCUT2D eigenvalue weighted by Gasteiger charge is 2.28. The molecule has 3 nitrogen and oxygen atoms in total. The van der Waals surface area contributed by atoms with E-state index in [4.69, 9.17) is 16.3 Å². The van der Waals surface area contributed by atoms with Crippen LogP contribution in [-0.4, -0.2) is 17.6 Å². The highest BCUT2D eigenvalue weighted by Crippen LogP contribution is 2.38. The van der Waals surface area contributed by atoms with Crippen molar-refractivity contribution in [2.75, 3.05) is 6.61 Å². The Hall–Kier alpha value is -1.09. The molecule has 4 heteroatoms. The third-order valence-electron chi connectivity index (χ3n) is 3.57. The molecule has 1 aliphatic carbocycles. The van der Waals surface area contributed by atoms with E-state index in [1.54, 1.807) is 6.20 Å². The molecule has 0 radical (unpaired) electrons. The Morgan fingerprint density at radius 1 is 1.44 bits per heavy atom. The summed E-state index contributed by atoms with van der Waals surface area (Å²) in [6, 6.07) is 3.95. The SMILES string of the molecule is CCOC(=O)C1CCC(c2cccnc2Cl)CC1. The quantitative estimate of drug-likeness (QED) is 0.621. The lowest BCUT2D eigenvalue weighted by molar-refractivity contribution is -0.149. The molecule has 0 spiro atoms. The smallest absolute Gasteiger partial charge is 0.308 e. The summed E-state index contributed by atoms with van der Waals surface area (Å²) in [6.45, 7) is 2.31. The first kappa shape index (κ1) is 13.3. The van der Waals surface area contributed by atoms with Gasteiger partial charge < -0.3 is 4.74 Å². The lowest BCUT2D eigenvalue weighted by atomic mass is 9.79. The van der Waals surface area contributed by atoms with Crippen LogP contribution >= 0.6 is 11.6 Å². The highest BCUT2D eigenvalue weighted by atomic mass is 35.5. The number of pyridine rings is 1. The molecule has 0 amide bonds. The van der Waals surface area contributed by atoms with Crippen molar-refractivity contribution in [3.63, 3.8) is 0 Å². The van der Waals surface area contributed by atoms with Crippen LogP contribution in [-0.2, 0) is 9.53 Å². The molecule has 18 heavy (non-hydrogen) atoms. The van der Waals surface area contributed by atoms with E-state index in [0.29, 0.717) is 17.7 Å². The van der Waals surface area contributed by atoms with Gasteiger partial charge in [-0.2, -0.15) is 0 Å². The second-order valence-corrected chi connectivity index (χ2v) is 5.04. The Labute approximate surface area is 113 Å². The summed E-state index contributed by atoms with van der Waals surface area (Å²) in [7, 11) is 0. The molecule has 0 bridgehead atoms. The van der Waals surface area contributed by atoms with Crippen molar-refractivity contribution < 1.29 is 9.53 Å². The molecule has 0 aliphatic heterocycles. The zero-order valence-corrected chi connectivity index (χ0v) is 11.3. The van der Waals surface area contributed by atoms with Gasteiger partial charge in [0.1, 0.15) is 5.15 Å². The van der Waals surface area contributed by atoms with Crippen molar-refractivity contribution in [2.24, 2.45) is 5.92 Å². The van der Waals surface area contributed by atoms with Crippen LogP contribution in [0.15, 0.2) is 18.3 Å². The van der Waals surface area contributed by atoms with Gasteiger partial charge in [-0.15, -0.1) is 0 Å². The van der Waals surface area contributed by atoms with E-state index < -0.39 is 0 Å². The van der Waals surface area contributed by atoms with Gasteiger partial charge in [-0.1, -0.05) is 17.7 Å². The van der Waals surface area contributed by atoms with Crippen molar-refractivity contribution in [1.29, 1.82) is 0 Å². The molecule has 1 heterocycles. The summed E-state index contributed by atoms with van der Waals surface area (Å²) >= 11 is 6.10. The van der Waals surface area contributed by atoms with E-state index in [2.05, 4.69) is 4.98 Å². The Kier molecular flexibility index (Phi) is 4.59. The van der Waals surface area contributed by atoms with Crippen molar-refractivity contribution in [3.05, 3.63) is 29.0 Å². The summed E-state index contributed by atoms with van der Waals surface area (Å²) in [6.07, 6.45) is 5.43. The number of hydrogen-bond acceptors (Lipinski definition) is 3. The Balaban J connectivity index is 1.95. The molecule has 1 aromatic rings. The van der Waals surface area contributed by atoms with Crippen LogP contribution in [0.4, 0.5) is 0 Å². The number of hydrogen-bond donors (Lipinski definition) is 0. The number of esters is 1. The second kappa shape index (κ2) is 6.19. The number of carbonyl (C=O) groups excluding carboxylic acids is 1. The van der Waals surface area contributed by atoms with Crippen LogP contribution in [0, 0.1) is 5.92 Å². The predicted molar refractivity (Wildman–Crippen MR) is 70.6 cm³/mol. The molecule has 0 unspecified atom stereocenters. The molecule has 1 aromatic heterocycles. The van der Waals surface area contributed by atoms with Gasteiger partial charge in [-0.3, -0.25) is 4.79 Å². The zero-order valence-electron chi connectivity index (χ0n) is 10.6. The Bertz CT molecular complexity index is 414. The van der Waals surface area contributed by atoms with Crippen molar-refractivity contribution in [3.8, 4) is 0 Å². The van der Waals surface area contributed by atoms with E-state index in [0.717, 1.165) is 31.2 Å². The standard InChI is InChI=1S/C14H18ClNO2/c1-2-18-14(17)11-7-5-10(6-8-11)12-4-3-9-16-13(12)15/h3-4,9-11H,2,5-8H2,1H3. The fraction of sp³-hybridized carbons (Fsp3) is 0.571. The summed E-state index contributed by atoms with van der Waals surface area (Å²) in [5, 5.41) is 0.595. The maximum atomic E-state index is 11.6. The first-order chi connectivity index (χ1) is 8.72. The summed E-state index contributed by atoms with van der Waals surface area (Å²) < 4.78 is 5.07. The third kappa shape index (κ3) is 3.02. The van der Waals surface area contributed by atoms with Gasteiger partial charge in [-0.05, 0) is 50.2 Å². The van der Waals surface area contributed by atoms with Gasteiger partial charge in [0, 0.05) is 6.20 Å². The van der Waals surface area contributed by atoms with Gasteiger partial charge in [0.2, 0.25) is 0 Å². The Morgan fingerprint density at radius 3 is 2.78 bits per heavy atom. The van der Waals surface area contributed by atoms with Crippen molar-refractivity contribution in [2.45, 2.75) is 38.5 Å². The number of nitrogens with zero attached hydrogens (tertiary/aromatic N) is 1. The van der Waals surface area contributed by atoms with Gasteiger partial charge in [0.25, 0.3) is 0 Å². The van der Waals surface area contributed by atoms with E-state index in [-0.39, 0.29) is 11.9 Å². The van der Waals surface area contributed by atoms with Gasteiger partial charge in [-0.25, -0.2) is 4.98 Å². The fourth-order valence-corrected chi connectivity index (χ4v) is 2.88. The van der Waals surface area contributed by atoms with Crippen LogP contribution in [0.5, 0.6) is 0 Å². The third-order valence-corrected chi connectivity index (χ3v) is 3.89. The largest absolute Gasteiger partial charge is 0.466 e. The molecule has 98 valence electrons. The predicted octanol–water partition coefficient (Wildman–Crippen LogP) is 3.57. The number of rotatable bonds is 3. The van der Waals surface area contributed by atoms with E-state index >= 15 is 0 Å². The minimum Gasteiger partial charge on any atom is -0.466 e. The lowest BCUT2D eigenvalue weighted by Gasteiger charge is -2.27. The molecular weight excluding hydrogens is 250 g/mol. The molecule has 0 N–H and O–H groups in total. The molecular formula is C14H18ClNO2. The molecule has 0 atom stereocenters. The van der Waals surface area contributed by atoms with E-state index in [1.807, 2.05) is 19.1 Å². The summed E-state index contributed by atoms with van der Waals surface area (Å²) in [5.41, 5.74) is 1.11. The minimum absolute atomic E-state index is 0.0479. The number of carbonyl (C=O) groups is 1. The Morgan fingerprint density at radius 2 is 2.17 bits per heavy atom. The zero-order chi connectivity index (χ0) is 13.0. The first-order valence-electron chi connectivity index (χ1n) is 6.49. The minimum atomic E-state index is -0.0479. The van der Waals surface area contributed by atoms with Gasteiger partial charge >= 0.3 is 5.97 Å². The molecule has 1 fully saturated rings. The normalized spacial score (nSPS) is 23.7. The second-order valence-electron chi connectivity index (χ2n) is 4.68. The van der Waals surface area contributed by atoms with Crippen molar-refractivity contribution >= 4 is 17.6 Å². The van der Waals surface area contributed by atoms with Crippen LogP contribution < -0.4 is 0 Å². The van der Waals surface area contributed by atoms with Crippen LogP contribution in [0.2, 0.25) is 5.15 Å². The van der Waals surface area contributed by atoms with Gasteiger partial charge in [0.05, 0.1) is 12.5 Å². The lowest BCUT2D eigenvalue weighted by Crippen LogP contribution is -2.23. The van der Waals surface area contributed by atoms with Crippen LogP contribution in [0.25, 0.3) is 0 Å². The number of halogens is 1. The van der Waals surface area contributed by atoms with Gasteiger partial charge in [0.15, 0.2) is 0 Å². The first-order valence-corrected chi connectivity index (χ1v) is 6.87. The average molecular weight is 268 g/mol. The molecule has 1 saturated carbocycles. The molecule has 1 aliphatic rings. The molecule has 0 saturated heterocycles. The maximum absolute atomic E-state index is 11.6. The molecule has 0 aromatic carbocycles. The number of ether oxygens (including phenoxy) is 1. The van der Waals surface area contributed by atoms with E-state index in [9.17, 15) is 4.79 Å². The molecule has 2 rings (SSSR count). The van der Waals surface area contributed by atoms with Crippen LogP contribution in [0.1, 0.15) is 44.1 Å². The summed E-state index contributed by atoms with van der Waals surface area (Å²) in [5.74, 6) is 0.446. The maximum Gasteiger partial charge on any atom is 0.308 e. The highest BCUT2D eigenvalue weighted by molar-refractivity contribution is 6.30. The van der Waals surface area contributed by atoms with Crippen LogP contribution in [0.3, 0.4) is 0 Å².